The van der Waals surface area contributed by atoms with E-state index in [1.165, 1.54) is 0 Å². The maximum atomic E-state index is 13.2. The summed E-state index contributed by atoms with van der Waals surface area (Å²) in [5.74, 6) is -0.891. The number of hydrogen-bond donors (Lipinski definition) is 1. The summed E-state index contributed by atoms with van der Waals surface area (Å²) in [7, 11) is -3.53. The van der Waals surface area contributed by atoms with Gasteiger partial charge in [-0.15, -0.1) is 0 Å². The van der Waals surface area contributed by atoms with E-state index in [4.69, 9.17) is 13.8 Å². The van der Waals surface area contributed by atoms with Crippen LogP contribution < -0.4 is 5.32 Å². The normalized spacial score (nSPS) is 20.5. The van der Waals surface area contributed by atoms with Gasteiger partial charge in [0.1, 0.15) is 0 Å². The van der Waals surface area contributed by atoms with E-state index in [0.717, 1.165) is 5.56 Å². The summed E-state index contributed by atoms with van der Waals surface area (Å²) in [5.41, 5.74) is 1.44. The first-order chi connectivity index (χ1) is 10.8. The quantitative estimate of drug-likeness (QED) is 0.838. The Labute approximate surface area is 137 Å². The zero-order valence-electron chi connectivity index (χ0n) is 14.0. The molecule has 1 fully saturated rings. The number of nitrogens with one attached hydrogen (secondary N) is 1. The molecule has 1 aliphatic heterocycles. The molecule has 0 saturated carbocycles. The van der Waals surface area contributed by atoms with Crippen LogP contribution in [0.1, 0.15) is 37.7 Å². The highest BCUT2D eigenvalue weighted by atomic mass is 31.2. The topological polar surface area (TPSA) is 73.9 Å². The molecule has 1 heterocycles. The molecule has 0 spiro atoms. The van der Waals surface area contributed by atoms with Gasteiger partial charge in [0, 0.05) is 5.41 Å². The molecule has 1 amide bonds. The van der Waals surface area contributed by atoms with Crippen molar-refractivity contribution in [2.24, 2.45) is 5.41 Å². The number of benzene rings is 1. The first kappa shape index (κ1) is 18.0. The first-order valence-electron chi connectivity index (χ1n) is 7.64. The Kier molecular flexibility index (Phi) is 5.50. The summed E-state index contributed by atoms with van der Waals surface area (Å²) in [6.45, 7) is 8.40. The summed E-state index contributed by atoms with van der Waals surface area (Å²) in [5, 5.41) is 2.62. The second-order valence-corrected chi connectivity index (χ2v) is 8.54. The highest BCUT2D eigenvalue weighted by Gasteiger charge is 2.44. The Morgan fingerprint density at radius 2 is 2.04 bits per heavy atom. The predicted octanol–water partition coefficient (Wildman–Crippen LogP) is 4.01. The third kappa shape index (κ3) is 4.56. The lowest BCUT2D eigenvalue weighted by molar-refractivity contribution is 0.0361. The molecule has 1 aromatic carbocycles. The van der Waals surface area contributed by atoms with E-state index in [0.29, 0.717) is 18.8 Å². The largest absolute Gasteiger partial charge is 0.450 e. The van der Waals surface area contributed by atoms with Gasteiger partial charge in [-0.05, 0) is 19.4 Å². The molecule has 1 aliphatic rings. The van der Waals surface area contributed by atoms with Crippen LogP contribution in [-0.4, -0.2) is 25.9 Å². The molecular weight excluding hydrogens is 317 g/mol. The van der Waals surface area contributed by atoms with E-state index in [1.807, 2.05) is 39.0 Å². The summed E-state index contributed by atoms with van der Waals surface area (Å²) in [4.78, 5) is 11.9. The minimum atomic E-state index is -3.53. The summed E-state index contributed by atoms with van der Waals surface area (Å²) < 4.78 is 29.2. The molecule has 128 valence electrons. The van der Waals surface area contributed by atoms with E-state index < -0.39 is 19.5 Å². The third-order valence-electron chi connectivity index (χ3n) is 3.47. The van der Waals surface area contributed by atoms with Gasteiger partial charge in [0.15, 0.2) is 5.78 Å². The zero-order chi connectivity index (χ0) is 17.1. The molecule has 23 heavy (non-hydrogen) atoms. The average Bonchev–Trinajstić information content (AvgIpc) is 2.48. The Balaban J connectivity index is 2.30. The molecule has 0 aliphatic carbocycles. The number of rotatable bonds is 4. The lowest BCUT2D eigenvalue weighted by atomic mass is 9.97. The minimum absolute atomic E-state index is 0.213. The number of hydrogen-bond acceptors (Lipinski definition) is 5. The maximum Gasteiger partial charge on any atom is 0.408 e. The van der Waals surface area contributed by atoms with E-state index in [9.17, 15) is 9.36 Å². The molecule has 0 bridgehead atoms. The van der Waals surface area contributed by atoms with E-state index in [-0.39, 0.29) is 12.0 Å². The van der Waals surface area contributed by atoms with Gasteiger partial charge in [0.2, 0.25) is 0 Å². The van der Waals surface area contributed by atoms with Gasteiger partial charge in [0.05, 0.1) is 19.8 Å². The van der Waals surface area contributed by atoms with Crippen molar-refractivity contribution in [3.05, 3.63) is 35.4 Å². The number of aryl methyl sites for hydroxylation is 1. The molecule has 2 rings (SSSR count). The number of alkyl carbamates (subject to hydrolysis) is 1. The number of ether oxygens (including phenoxy) is 1. The van der Waals surface area contributed by atoms with Crippen LogP contribution in [0.15, 0.2) is 24.3 Å². The Hall–Kier alpha value is -1.36. The van der Waals surface area contributed by atoms with Crippen molar-refractivity contribution in [3.63, 3.8) is 0 Å². The fraction of sp³-hybridized carbons (Fsp3) is 0.562. The Bertz CT molecular complexity index is 602. The molecule has 1 N–H and O–H groups in total. The van der Waals surface area contributed by atoms with Crippen molar-refractivity contribution in [1.82, 2.24) is 5.32 Å². The summed E-state index contributed by atoms with van der Waals surface area (Å²) >= 11 is 0. The van der Waals surface area contributed by atoms with Crippen LogP contribution in [-0.2, 0) is 18.3 Å². The van der Waals surface area contributed by atoms with Crippen molar-refractivity contribution in [3.8, 4) is 0 Å². The average molecular weight is 341 g/mol. The maximum absolute atomic E-state index is 13.2. The highest BCUT2D eigenvalue weighted by Crippen LogP contribution is 2.63. The molecule has 0 aromatic heterocycles. The zero-order valence-corrected chi connectivity index (χ0v) is 14.9. The van der Waals surface area contributed by atoms with Crippen LogP contribution in [0.4, 0.5) is 4.79 Å². The SMILES string of the molecule is CCOC(=O)NC(c1cccc(C)c1)P1(=O)OCC(C)(C)CO1. The first-order valence-corrected chi connectivity index (χ1v) is 9.25. The van der Waals surface area contributed by atoms with Gasteiger partial charge < -0.3 is 19.1 Å². The number of carbonyl (C=O) groups is 1. The van der Waals surface area contributed by atoms with Crippen LogP contribution in [0.25, 0.3) is 0 Å². The van der Waals surface area contributed by atoms with E-state index in [2.05, 4.69) is 5.32 Å². The van der Waals surface area contributed by atoms with E-state index >= 15 is 0 Å². The predicted molar refractivity (Wildman–Crippen MR) is 87.4 cm³/mol. The molecular formula is C16H24NO5P. The molecule has 1 saturated heterocycles. The van der Waals surface area contributed by atoms with Crippen molar-refractivity contribution in [2.75, 3.05) is 19.8 Å². The van der Waals surface area contributed by atoms with Gasteiger partial charge in [0.25, 0.3) is 0 Å². The van der Waals surface area contributed by atoms with E-state index in [1.54, 1.807) is 13.0 Å². The summed E-state index contributed by atoms with van der Waals surface area (Å²) in [6.07, 6.45) is -0.647. The number of amides is 1. The monoisotopic (exact) mass is 341 g/mol. The minimum Gasteiger partial charge on any atom is -0.450 e. The standard InChI is InChI=1S/C16H24NO5P/c1-5-20-15(18)17-14(13-8-6-7-12(2)9-13)23(19)21-10-16(3,4)11-22-23/h6-9,14H,5,10-11H2,1-4H3,(H,17,18). The second-order valence-electron chi connectivity index (χ2n) is 6.43. The smallest absolute Gasteiger partial charge is 0.408 e. The van der Waals surface area contributed by atoms with Gasteiger partial charge >= 0.3 is 13.7 Å². The van der Waals surface area contributed by atoms with Crippen molar-refractivity contribution >= 4 is 13.7 Å². The molecule has 1 atom stereocenters. The fourth-order valence-corrected chi connectivity index (χ4v) is 4.45. The second kappa shape index (κ2) is 7.04. The van der Waals surface area contributed by atoms with Crippen LogP contribution in [0.2, 0.25) is 0 Å². The molecule has 1 aromatic rings. The Morgan fingerprint density at radius 1 is 1.39 bits per heavy atom. The summed E-state index contributed by atoms with van der Waals surface area (Å²) in [6, 6.07) is 7.40. The van der Waals surface area contributed by atoms with Gasteiger partial charge in [-0.25, -0.2) is 4.79 Å². The van der Waals surface area contributed by atoms with Gasteiger partial charge in [-0.2, -0.15) is 0 Å². The van der Waals surface area contributed by atoms with Crippen LogP contribution >= 0.6 is 7.60 Å². The fourth-order valence-electron chi connectivity index (χ4n) is 2.23. The number of carbonyl (C=O) groups excluding carboxylic acids is 1. The molecule has 7 heteroatoms. The van der Waals surface area contributed by atoms with Crippen molar-refractivity contribution in [1.29, 1.82) is 0 Å². The van der Waals surface area contributed by atoms with Gasteiger partial charge in [-0.1, -0.05) is 43.7 Å². The van der Waals surface area contributed by atoms with Crippen LogP contribution in [0.5, 0.6) is 0 Å². The van der Waals surface area contributed by atoms with Gasteiger partial charge in [-0.3, -0.25) is 4.57 Å². The van der Waals surface area contributed by atoms with Crippen molar-refractivity contribution < 1.29 is 23.1 Å². The third-order valence-corrected chi connectivity index (χ3v) is 5.51. The van der Waals surface area contributed by atoms with Crippen LogP contribution in [0, 0.1) is 12.3 Å². The lowest BCUT2D eigenvalue weighted by Crippen LogP contribution is -2.35. The molecule has 1 unspecified atom stereocenters. The lowest BCUT2D eigenvalue weighted by Gasteiger charge is -2.37. The van der Waals surface area contributed by atoms with Crippen LogP contribution in [0.3, 0.4) is 0 Å². The molecule has 6 nitrogen and oxygen atoms in total. The molecule has 0 radical (unpaired) electrons. The van der Waals surface area contributed by atoms with Crippen molar-refractivity contribution in [2.45, 2.75) is 33.5 Å². The Morgan fingerprint density at radius 3 is 2.61 bits per heavy atom. The highest BCUT2D eigenvalue weighted by molar-refractivity contribution is 7.54.